The molecule has 1 aromatic rings. The van der Waals surface area contributed by atoms with Crippen LogP contribution in [0.3, 0.4) is 0 Å². The van der Waals surface area contributed by atoms with Crippen LogP contribution in [-0.2, 0) is 9.53 Å². The van der Waals surface area contributed by atoms with E-state index < -0.39 is 6.10 Å². The van der Waals surface area contributed by atoms with Gasteiger partial charge in [-0.25, -0.2) is 0 Å². The van der Waals surface area contributed by atoms with E-state index in [2.05, 4.69) is 35.2 Å². The van der Waals surface area contributed by atoms with Crippen LogP contribution < -0.4 is 0 Å². The Morgan fingerprint density at radius 3 is 2.54 bits per heavy atom. The van der Waals surface area contributed by atoms with Crippen LogP contribution in [-0.4, -0.2) is 72.4 Å². The van der Waals surface area contributed by atoms with E-state index in [-0.39, 0.29) is 11.9 Å². The van der Waals surface area contributed by atoms with E-state index in [0.29, 0.717) is 32.2 Å². The Balaban J connectivity index is 1.51. The lowest BCUT2D eigenvalue weighted by Crippen LogP contribution is -2.50. The molecule has 2 fully saturated rings. The first kappa shape index (κ1) is 17.4. The van der Waals surface area contributed by atoms with Gasteiger partial charge in [-0.1, -0.05) is 30.3 Å². The number of piperidine rings is 1. The number of amides is 1. The summed E-state index contributed by atoms with van der Waals surface area (Å²) >= 11 is 0. The molecule has 2 saturated heterocycles. The van der Waals surface area contributed by atoms with Crippen molar-refractivity contribution in [1.29, 1.82) is 0 Å². The van der Waals surface area contributed by atoms with Gasteiger partial charge >= 0.3 is 0 Å². The zero-order chi connectivity index (χ0) is 16.9. The maximum absolute atomic E-state index is 12.6. The minimum Gasteiger partial charge on any atom is -0.388 e. The molecular weight excluding hydrogens is 304 g/mol. The fourth-order valence-electron chi connectivity index (χ4n) is 3.86. The number of carbonyl (C=O) groups is 1. The van der Waals surface area contributed by atoms with Gasteiger partial charge in [0.05, 0.1) is 31.9 Å². The number of likely N-dealkylation sites (N-methyl/N-ethyl adjacent to an activating group) is 1. The molecule has 132 valence electrons. The minimum atomic E-state index is -0.558. The summed E-state index contributed by atoms with van der Waals surface area (Å²) in [7, 11) is 0. The van der Waals surface area contributed by atoms with Crippen LogP contribution in [0, 0.1) is 0 Å². The zero-order valence-electron chi connectivity index (χ0n) is 14.4. The predicted molar refractivity (Wildman–Crippen MR) is 92.9 cm³/mol. The summed E-state index contributed by atoms with van der Waals surface area (Å²) in [5, 5.41) is 9.97. The SMILES string of the molecule is CCN(C(=O)CN1CCC(c2ccccc2)CC1)[C@@H]1COC[C@H]1O. The van der Waals surface area contributed by atoms with Crippen molar-refractivity contribution in [2.45, 2.75) is 37.8 Å². The summed E-state index contributed by atoms with van der Waals surface area (Å²) in [6.07, 6.45) is 1.63. The normalized spacial score (nSPS) is 25.8. The Labute approximate surface area is 144 Å². The van der Waals surface area contributed by atoms with Crippen LogP contribution in [0.5, 0.6) is 0 Å². The van der Waals surface area contributed by atoms with E-state index in [4.69, 9.17) is 4.74 Å². The lowest BCUT2D eigenvalue weighted by molar-refractivity contribution is -0.136. The van der Waals surface area contributed by atoms with E-state index in [1.54, 1.807) is 4.90 Å². The van der Waals surface area contributed by atoms with Gasteiger partial charge in [-0.15, -0.1) is 0 Å². The Morgan fingerprint density at radius 2 is 1.96 bits per heavy atom. The van der Waals surface area contributed by atoms with Crippen molar-refractivity contribution < 1.29 is 14.6 Å². The monoisotopic (exact) mass is 332 g/mol. The fourth-order valence-corrected chi connectivity index (χ4v) is 3.86. The highest BCUT2D eigenvalue weighted by molar-refractivity contribution is 5.78. The molecule has 2 heterocycles. The van der Waals surface area contributed by atoms with Crippen molar-refractivity contribution in [3.05, 3.63) is 35.9 Å². The topological polar surface area (TPSA) is 53.0 Å². The molecule has 0 spiro atoms. The van der Waals surface area contributed by atoms with Gasteiger partial charge < -0.3 is 14.7 Å². The van der Waals surface area contributed by atoms with Crippen LogP contribution in [0.25, 0.3) is 0 Å². The van der Waals surface area contributed by atoms with Crippen LogP contribution in [0.15, 0.2) is 30.3 Å². The van der Waals surface area contributed by atoms with Crippen LogP contribution >= 0.6 is 0 Å². The number of aliphatic hydroxyl groups excluding tert-OH is 1. The second-order valence-corrected chi connectivity index (χ2v) is 6.81. The molecule has 3 rings (SSSR count). The Kier molecular flexibility index (Phi) is 5.87. The van der Waals surface area contributed by atoms with Crippen LogP contribution in [0.1, 0.15) is 31.2 Å². The molecule has 0 aromatic heterocycles. The molecule has 0 aliphatic carbocycles. The molecule has 24 heavy (non-hydrogen) atoms. The smallest absolute Gasteiger partial charge is 0.237 e. The molecule has 0 bridgehead atoms. The van der Waals surface area contributed by atoms with Crippen molar-refractivity contribution in [3.8, 4) is 0 Å². The van der Waals surface area contributed by atoms with Crippen molar-refractivity contribution in [2.75, 3.05) is 39.4 Å². The van der Waals surface area contributed by atoms with E-state index in [0.717, 1.165) is 25.9 Å². The number of hydrogen-bond donors (Lipinski definition) is 1. The van der Waals surface area contributed by atoms with Gasteiger partial charge in [-0.3, -0.25) is 9.69 Å². The molecule has 2 aliphatic heterocycles. The van der Waals surface area contributed by atoms with E-state index in [1.807, 2.05) is 6.92 Å². The molecule has 0 unspecified atom stereocenters. The standard InChI is InChI=1S/C19H28N2O3/c1-2-21(17-13-24-14-18(17)22)19(23)12-20-10-8-16(9-11-20)15-6-4-3-5-7-15/h3-7,16-18,22H,2,8-14H2,1H3/t17-,18-/m1/s1. The van der Waals surface area contributed by atoms with E-state index in [9.17, 15) is 9.90 Å². The average Bonchev–Trinajstić information content (AvgIpc) is 3.03. The molecular formula is C19H28N2O3. The number of benzene rings is 1. The molecule has 5 nitrogen and oxygen atoms in total. The van der Waals surface area contributed by atoms with Gasteiger partial charge in [0, 0.05) is 6.54 Å². The first-order chi connectivity index (χ1) is 11.7. The van der Waals surface area contributed by atoms with Gasteiger partial charge in [-0.2, -0.15) is 0 Å². The Bertz CT molecular complexity index is 529. The number of hydrogen-bond acceptors (Lipinski definition) is 4. The zero-order valence-corrected chi connectivity index (χ0v) is 14.4. The second-order valence-electron chi connectivity index (χ2n) is 6.81. The highest BCUT2D eigenvalue weighted by atomic mass is 16.5. The number of aliphatic hydroxyl groups is 1. The van der Waals surface area contributed by atoms with Gasteiger partial charge in [-0.05, 0) is 44.3 Å². The van der Waals surface area contributed by atoms with Gasteiger partial charge in [0.1, 0.15) is 0 Å². The summed E-state index contributed by atoms with van der Waals surface area (Å²) in [6.45, 7) is 5.69. The summed E-state index contributed by atoms with van der Waals surface area (Å²) < 4.78 is 5.30. The quantitative estimate of drug-likeness (QED) is 0.887. The molecule has 1 amide bonds. The highest BCUT2D eigenvalue weighted by Gasteiger charge is 2.34. The maximum atomic E-state index is 12.6. The number of likely N-dealkylation sites (tertiary alicyclic amines) is 1. The molecule has 0 radical (unpaired) electrons. The first-order valence-corrected chi connectivity index (χ1v) is 9.01. The van der Waals surface area contributed by atoms with E-state index in [1.165, 1.54) is 5.56 Å². The van der Waals surface area contributed by atoms with Crippen LogP contribution in [0.4, 0.5) is 0 Å². The molecule has 2 atom stereocenters. The Morgan fingerprint density at radius 1 is 1.25 bits per heavy atom. The number of rotatable bonds is 5. The maximum Gasteiger partial charge on any atom is 0.237 e. The highest BCUT2D eigenvalue weighted by Crippen LogP contribution is 2.27. The van der Waals surface area contributed by atoms with Gasteiger partial charge in [0.2, 0.25) is 5.91 Å². The molecule has 0 saturated carbocycles. The predicted octanol–water partition coefficient (Wildman–Crippen LogP) is 1.47. The third-order valence-electron chi connectivity index (χ3n) is 5.30. The summed E-state index contributed by atoms with van der Waals surface area (Å²) in [4.78, 5) is 16.7. The third kappa shape index (κ3) is 3.97. The summed E-state index contributed by atoms with van der Waals surface area (Å²) in [6, 6.07) is 10.5. The van der Waals surface area contributed by atoms with Crippen molar-refractivity contribution in [3.63, 3.8) is 0 Å². The Hall–Kier alpha value is -1.43. The molecule has 1 N–H and O–H groups in total. The molecule has 2 aliphatic rings. The van der Waals surface area contributed by atoms with Gasteiger partial charge in [0.25, 0.3) is 0 Å². The average molecular weight is 332 g/mol. The number of ether oxygens (including phenoxy) is 1. The first-order valence-electron chi connectivity index (χ1n) is 9.01. The summed E-state index contributed by atoms with van der Waals surface area (Å²) in [5.41, 5.74) is 1.41. The van der Waals surface area contributed by atoms with Crippen molar-refractivity contribution in [2.24, 2.45) is 0 Å². The molecule has 5 heteroatoms. The van der Waals surface area contributed by atoms with Gasteiger partial charge in [0.15, 0.2) is 0 Å². The van der Waals surface area contributed by atoms with Crippen molar-refractivity contribution in [1.82, 2.24) is 9.80 Å². The second kappa shape index (κ2) is 8.10. The van der Waals surface area contributed by atoms with E-state index >= 15 is 0 Å². The van der Waals surface area contributed by atoms with Crippen LogP contribution in [0.2, 0.25) is 0 Å². The third-order valence-corrected chi connectivity index (χ3v) is 5.30. The summed E-state index contributed by atoms with van der Waals surface area (Å²) in [5.74, 6) is 0.704. The molecule has 1 aromatic carbocycles. The lowest BCUT2D eigenvalue weighted by atomic mass is 9.89. The van der Waals surface area contributed by atoms with Crippen molar-refractivity contribution >= 4 is 5.91 Å². The largest absolute Gasteiger partial charge is 0.388 e. The fraction of sp³-hybridized carbons (Fsp3) is 0.632. The number of carbonyl (C=O) groups excluding carboxylic acids is 1. The lowest BCUT2D eigenvalue weighted by Gasteiger charge is -2.35. The minimum absolute atomic E-state index is 0.102. The number of nitrogens with zero attached hydrogens (tertiary/aromatic N) is 2.